The van der Waals surface area contributed by atoms with E-state index in [2.05, 4.69) is 11.9 Å². The molecule has 1 unspecified atom stereocenters. The molecule has 0 aromatic rings. The predicted octanol–water partition coefficient (Wildman–Crippen LogP) is 0.476. The van der Waals surface area contributed by atoms with Crippen molar-refractivity contribution in [1.82, 2.24) is 10.2 Å². The summed E-state index contributed by atoms with van der Waals surface area (Å²) < 4.78 is 0. The zero-order chi connectivity index (χ0) is 10.7. The molecule has 0 saturated carbocycles. The van der Waals surface area contributed by atoms with Crippen molar-refractivity contribution in [3.8, 4) is 0 Å². The molecule has 0 spiro atoms. The maximum atomic E-state index is 11.5. The van der Waals surface area contributed by atoms with E-state index in [-0.39, 0.29) is 18.2 Å². The van der Waals surface area contributed by atoms with Crippen LogP contribution in [0.5, 0.6) is 0 Å². The van der Waals surface area contributed by atoms with E-state index in [4.69, 9.17) is 11.6 Å². The SMILES string of the molecule is C=C(Cl)CNC1CC(=O)N(CC)C1=O. The van der Waals surface area contributed by atoms with Gasteiger partial charge in [0.15, 0.2) is 0 Å². The Labute approximate surface area is 87.9 Å². The summed E-state index contributed by atoms with van der Waals surface area (Å²) in [6.45, 7) is 6.05. The molecule has 1 aliphatic heterocycles. The molecule has 0 aromatic carbocycles. The van der Waals surface area contributed by atoms with Gasteiger partial charge in [0.1, 0.15) is 0 Å². The van der Waals surface area contributed by atoms with Crippen LogP contribution in [0.4, 0.5) is 0 Å². The molecule has 1 heterocycles. The minimum Gasteiger partial charge on any atom is -0.300 e. The lowest BCUT2D eigenvalue weighted by Crippen LogP contribution is -2.39. The van der Waals surface area contributed by atoms with E-state index in [1.165, 1.54) is 4.90 Å². The Morgan fingerprint density at radius 2 is 2.36 bits per heavy atom. The maximum absolute atomic E-state index is 11.5. The van der Waals surface area contributed by atoms with Gasteiger partial charge in [-0.05, 0) is 6.92 Å². The normalized spacial score (nSPS) is 21.9. The van der Waals surface area contributed by atoms with Crippen molar-refractivity contribution in [3.63, 3.8) is 0 Å². The van der Waals surface area contributed by atoms with Crippen LogP contribution in [0.15, 0.2) is 11.6 Å². The fourth-order valence-corrected chi connectivity index (χ4v) is 1.49. The third-order valence-electron chi connectivity index (χ3n) is 2.10. The first kappa shape index (κ1) is 11.2. The van der Waals surface area contributed by atoms with Crippen LogP contribution in [0, 0.1) is 0 Å². The van der Waals surface area contributed by atoms with Crippen LogP contribution in [0.1, 0.15) is 13.3 Å². The molecule has 0 aromatic heterocycles. The van der Waals surface area contributed by atoms with Gasteiger partial charge in [0.2, 0.25) is 11.8 Å². The summed E-state index contributed by atoms with van der Waals surface area (Å²) in [5.41, 5.74) is 0. The van der Waals surface area contributed by atoms with Crippen molar-refractivity contribution in [3.05, 3.63) is 11.6 Å². The van der Waals surface area contributed by atoms with E-state index in [1.807, 2.05) is 0 Å². The lowest BCUT2D eigenvalue weighted by molar-refractivity contribution is -0.138. The predicted molar refractivity (Wildman–Crippen MR) is 53.8 cm³/mol. The highest BCUT2D eigenvalue weighted by Crippen LogP contribution is 2.12. The number of halogens is 1. The van der Waals surface area contributed by atoms with Crippen molar-refractivity contribution in [1.29, 1.82) is 0 Å². The van der Waals surface area contributed by atoms with Crippen molar-refractivity contribution in [2.24, 2.45) is 0 Å². The Balaban J connectivity index is 2.53. The average Bonchev–Trinajstić information content (AvgIpc) is 2.38. The second-order valence-electron chi connectivity index (χ2n) is 3.13. The van der Waals surface area contributed by atoms with Gasteiger partial charge >= 0.3 is 0 Å². The highest BCUT2D eigenvalue weighted by atomic mass is 35.5. The molecule has 1 N–H and O–H groups in total. The third-order valence-corrected chi connectivity index (χ3v) is 2.23. The molecule has 1 saturated heterocycles. The lowest BCUT2D eigenvalue weighted by Gasteiger charge is -2.12. The van der Waals surface area contributed by atoms with Crippen LogP contribution in [-0.2, 0) is 9.59 Å². The summed E-state index contributed by atoms with van der Waals surface area (Å²) in [5.74, 6) is -0.300. The molecule has 5 heteroatoms. The van der Waals surface area contributed by atoms with E-state index in [0.717, 1.165) is 0 Å². The molecule has 1 rings (SSSR count). The molecule has 2 amide bonds. The number of carbonyl (C=O) groups is 2. The molecular weight excluding hydrogens is 204 g/mol. The summed E-state index contributed by atoms with van der Waals surface area (Å²) in [6.07, 6.45) is 0.219. The summed E-state index contributed by atoms with van der Waals surface area (Å²) >= 11 is 5.54. The summed E-state index contributed by atoms with van der Waals surface area (Å²) in [7, 11) is 0. The molecule has 14 heavy (non-hydrogen) atoms. The first-order valence-corrected chi connectivity index (χ1v) is 4.85. The van der Waals surface area contributed by atoms with Crippen LogP contribution in [0.25, 0.3) is 0 Å². The minimum atomic E-state index is -0.432. The number of hydrogen-bond acceptors (Lipinski definition) is 3. The summed E-state index contributed by atoms with van der Waals surface area (Å²) in [4.78, 5) is 24.1. The van der Waals surface area contributed by atoms with Gasteiger partial charge in [-0.3, -0.25) is 14.5 Å². The smallest absolute Gasteiger partial charge is 0.246 e. The number of likely N-dealkylation sites (N-methyl/N-ethyl adjacent to an activating group) is 1. The van der Waals surface area contributed by atoms with Gasteiger partial charge in [-0.1, -0.05) is 18.2 Å². The number of likely N-dealkylation sites (tertiary alicyclic amines) is 1. The Bertz CT molecular complexity index is 278. The van der Waals surface area contributed by atoms with Crippen molar-refractivity contribution >= 4 is 23.4 Å². The first-order chi connectivity index (χ1) is 6.56. The Morgan fingerprint density at radius 3 is 2.79 bits per heavy atom. The number of nitrogens with zero attached hydrogens (tertiary/aromatic N) is 1. The van der Waals surface area contributed by atoms with Gasteiger partial charge < -0.3 is 5.32 Å². The fraction of sp³-hybridized carbons (Fsp3) is 0.556. The number of carbonyl (C=O) groups excluding carboxylic acids is 2. The Hall–Kier alpha value is -0.870. The lowest BCUT2D eigenvalue weighted by atomic mass is 10.2. The van der Waals surface area contributed by atoms with E-state index in [0.29, 0.717) is 18.1 Å². The van der Waals surface area contributed by atoms with Gasteiger partial charge in [0, 0.05) is 18.1 Å². The van der Waals surface area contributed by atoms with Crippen LogP contribution in [0.2, 0.25) is 0 Å². The first-order valence-electron chi connectivity index (χ1n) is 4.47. The van der Waals surface area contributed by atoms with Crippen molar-refractivity contribution in [2.75, 3.05) is 13.1 Å². The zero-order valence-electron chi connectivity index (χ0n) is 8.05. The summed E-state index contributed by atoms with van der Waals surface area (Å²) in [6, 6.07) is -0.432. The maximum Gasteiger partial charge on any atom is 0.246 e. The standard InChI is InChI=1S/C9H13ClN2O2/c1-3-12-8(13)4-7(9(12)14)11-5-6(2)10/h7,11H,2-5H2,1H3. The summed E-state index contributed by atoms with van der Waals surface area (Å²) in [5, 5.41) is 3.31. The number of hydrogen-bond donors (Lipinski definition) is 1. The Kier molecular flexibility index (Phi) is 3.66. The van der Waals surface area contributed by atoms with E-state index >= 15 is 0 Å². The second kappa shape index (κ2) is 4.57. The highest BCUT2D eigenvalue weighted by molar-refractivity contribution is 6.29. The van der Waals surface area contributed by atoms with Crippen molar-refractivity contribution in [2.45, 2.75) is 19.4 Å². The minimum absolute atomic E-state index is 0.129. The van der Waals surface area contributed by atoms with Crippen LogP contribution in [-0.4, -0.2) is 35.8 Å². The molecular formula is C9H13ClN2O2. The fourth-order valence-electron chi connectivity index (χ4n) is 1.41. The molecule has 78 valence electrons. The quantitative estimate of drug-likeness (QED) is 0.696. The third kappa shape index (κ3) is 2.33. The van der Waals surface area contributed by atoms with Gasteiger partial charge in [0.25, 0.3) is 0 Å². The largest absolute Gasteiger partial charge is 0.300 e. The molecule has 1 atom stereocenters. The monoisotopic (exact) mass is 216 g/mol. The van der Waals surface area contributed by atoms with Crippen LogP contribution < -0.4 is 5.32 Å². The molecule has 1 aliphatic rings. The highest BCUT2D eigenvalue weighted by Gasteiger charge is 2.36. The topological polar surface area (TPSA) is 49.4 Å². The molecule has 4 nitrogen and oxygen atoms in total. The van der Waals surface area contributed by atoms with Crippen molar-refractivity contribution < 1.29 is 9.59 Å². The number of rotatable bonds is 4. The molecule has 0 aliphatic carbocycles. The van der Waals surface area contributed by atoms with E-state index in [1.54, 1.807) is 6.92 Å². The molecule has 1 fully saturated rings. The molecule has 0 radical (unpaired) electrons. The van der Waals surface area contributed by atoms with Crippen LogP contribution in [0.3, 0.4) is 0 Å². The van der Waals surface area contributed by atoms with E-state index in [9.17, 15) is 9.59 Å². The number of nitrogens with one attached hydrogen (secondary N) is 1. The number of amides is 2. The van der Waals surface area contributed by atoms with Gasteiger partial charge in [-0.25, -0.2) is 0 Å². The second-order valence-corrected chi connectivity index (χ2v) is 3.67. The average molecular weight is 217 g/mol. The van der Waals surface area contributed by atoms with Gasteiger partial charge in [-0.2, -0.15) is 0 Å². The zero-order valence-corrected chi connectivity index (χ0v) is 8.80. The van der Waals surface area contributed by atoms with Gasteiger partial charge in [-0.15, -0.1) is 0 Å². The van der Waals surface area contributed by atoms with Gasteiger partial charge in [0.05, 0.1) is 12.5 Å². The number of imide groups is 1. The van der Waals surface area contributed by atoms with E-state index < -0.39 is 6.04 Å². The van der Waals surface area contributed by atoms with Crippen LogP contribution >= 0.6 is 11.6 Å². The molecule has 0 bridgehead atoms. The Morgan fingerprint density at radius 1 is 1.71 bits per heavy atom.